The van der Waals surface area contributed by atoms with Crippen LogP contribution in [0.1, 0.15) is 30.7 Å². The first-order valence-corrected chi connectivity index (χ1v) is 9.52. The zero-order chi connectivity index (χ0) is 14.8. The zero-order valence-electron chi connectivity index (χ0n) is 12.5. The standard InChI is InChI=1S/C16H22N2OS2/c1-3-13-16(21-8-7-20-13)14(18-17)12-9-11-6-4-5-10(2)15(11)19-12/h4-6,9,13-14,16,18H,3,7-8,17H2,1-2H3. The largest absolute Gasteiger partial charge is 0.459 e. The number of benzene rings is 1. The van der Waals surface area contributed by atoms with Gasteiger partial charge in [-0.15, -0.1) is 0 Å². The molecule has 2 heterocycles. The molecule has 0 amide bonds. The van der Waals surface area contributed by atoms with Gasteiger partial charge in [-0.1, -0.05) is 25.1 Å². The van der Waals surface area contributed by atoms with Crippen LogP contribution in [0.2, 0.25) is 0 Å². The fourth-order valence-electron chi connectivity index (χ4n) is 2.97. The first kappa shape index (κ1) is 15.3. The molecule has 1 saturated heterocycles. The van der Waals surface area contributed by atoms with Crippen LogP contribution in [-0.4, -0.2) is 22.0 Å². The fourth-order valence-corrected chi connectivity index (χ4v) is 6.18. The lowest BCUT2D eigenvalue weighted by molar-refractivity contribution is 0.418. The molecular weight excluding hydrogens is 300 g/mol. The monoisotopic (exact) mass is 322 g/mol. The molecule has 0 saturated carbocycles. The lowest BCUT2D eigenvalue weighted by Gasteiger charge is -2.34. The minimum absolute atomic E-state index is 0.0690. The molecule has 5 heteroatoms. The van der Waals surface area contributed by atoms with Crippen molar-refractivity contribution in [2.75, 3.05) is 11.5 Å². The van der Waals surface area contributed by atoms with Gasteiger partial charge in [0.25, 0.3) is 0 Å². The van der Waals surface area contributed by atoms with Crippen LogP contribution < -0.4 is 11.3 Å². The molecule has 114 valence electrons. The molecule has 3 N–H and O–H groups in total. The number of nitrogens with two attached hydrogens (primary N) is 1. The summed E-state index contributed by atoms with van der Waals surface area (Å²) in [6, 6.07) is 8.46. The number of hydrogen-bond donors (Lipinski definition) is 2. The predicted molar refractivity (Wildman–Crippen MR) is 93.8 cm³/mol. The molecule has 1 aromatic heterocycles. The average Bonchev–Trinajstić information content (AvgIpc) is 2.94. The lowest BCUT2D eigenvalue weighted by Crippen LogP contribution is -2.41. The van der Waals surface area contributed by atoms with E-state index in [0.717, 1.165) is 16.7 Å². The lowest BCUT2D eigenvalue weighted by atomic mass is 10.1. The third kappa shape index (κ3) is 2.97. The summed E-state index contributed by atoms with van der Waals surface area (Å²) in [5.41, 5.74) is 5.16. The van der Waals surface area contributed by atoms with E-state index in [1.165, 1.54) is 23.5 Å². The summed E-state index contributed by atoms with van der Waals surface area (Å²) in [6.45, 7) is 4.34. The Kier molecular flexibility index (Phi) is 4.84. The van der Waals surface area contributed by atoms with Crippen molar-refractivity contribution in [2.24, 2.45) is 5.84 Å². The smallest absolute Gasteiger partial charge is 0.137 e. The molecule has 3 rings (SSSR count). The van der Waals surface area contributed by atoms with Gasteiger partial charge >= 0.3 is 0 Å². The number of hydrazine groups is 1. The molecule has 1 fully saturated rings. The van der Waals surface area contributed by atoms with Crippen molar-refractivity contribution in [3.8, 4) is 0 Å². The Morgan fingerprint density at radius 2 is 2.19 bits per heavy atom. The van der Waals surface area contributed by atoms with E-state index in [4.69, 9.17) is 10.3 Å². The Morgan fingerprint density at radius 3 is 2.90 bits per heavy atom. The zero-order valence-corrected chi connectivity index (χ0v) is 14.1. The van der Waals surface area contributed by atoms with Gasteiger partial charge in [-0.25, -0.2) is 5.43 Å². The molecule has 0 spiro atoms. The van der Waals surface area contributed by atoms with Gasteiger partial charge in [0.1, 0.15) is 11.3 Å². The first-order chi connectivity index (χ1) is 10.2. The van der Waals surface area contributed by atoms with Crippen molar-refractivity contribution in [3.63, 3.8) is 0 Å². The summed E-state index contributed by atoms with van der Waals surface area (Å²) in [5, 5.41) is 2.24. The molecule has 1 aliphatic rings. The fraction of sp³-hybridized carbons (Fsp3) is 0.500. The summed E-state index contributed by atoms with van der Waals surface area (Å²) in [7, 11) is 0. The quantitative estimate of drug-likeness (QED) is 0.661. The summed E-state index contributed by atoms with van der Waals surface area (Å²) >= 11 is 4.08. The normalized spacial score (nSPS) is 24.3. The maximum atomic E-state index is 6.13. The molecule has 21 heavy (non-hydrogen) atoms. The van der Waals surface area contributed by atoms with Crippen LogP contribution in [0.4, 0.5) is 0 Å². The Balaban J connectivity index is 1.95. The number of fused-ring (bicyclic) bond motifs is 1. The average molecular weight is 322 g/mol. The predicted octanol–water partition coefficient (Wildman–Crippen LogP) is 3.87. The van der Waals surface area contributed by atoms with Gasteiger partial charge in [-0.3, -0.25) is 5.84 Å². The molecule has 0 bridgehead atoms. The van der Waals surface area contributed by atoms with E-state index in [2.05, 4.69) is 55.3 Å². The number of nitrogens with one attached hydrogen (secondary N) is 1. The van der Waals surface area contributed by atoms with Gasteiger partial charge in [0.2, 0.25) is 0 Å². The highest BCUT2D eigenvalue weighted by atomic mass is 32.2. The van der Waals surface area contributed by atoms with Crippen molar-refractivity contribution in [1.82, 2.24) is 5.43 Å². The van der Waals surface area contributed by atoms with Crippen molar-refractivity contribution in [2.45, 2.75) is 36.8 Å². The minimum Gasteiger partial charge on any atom is -0.459 e. The summed E-state index contributed by atoms with van der Waals surface area (Å²) in [4.78, 5) is 0. The SMILES string of the molecule is CCC1SCCSC1C(NN)c1cc2cccc(C)c2o1. The maximum Gasteiger partial charge on any atom is 0.137 e. The van der Waals surface area contributed by atoms with Gasteiger partial charge in [0.15, 0.2) is 0 Å². The topological polar surface area (TPSA) is 51.2 Å². The van der Waals surface area contributed by atoms with E-state index in [0.29, 0.717) is 10.5 Å². The van der Waals surface area contributed by atoms with Gasteiger partial charge in [-0.2, -0.15) is 23.5 Å². The minimum atomic E-state index is 0.0690. The van der Waals surface area contributed by atoms with Crippen molar-refractivity contribution in [3.05, 3.63) is 35.6 Å². The van der Waals surface area contributed by atoms with E-state index in [1.807, 2.05) is 11.8 Å². The van der Waals surface area contributed by atoms with Crippen LogP contribution in [-0.2, 0) is 0 Å². The van der Waals surface area contributed by atoms with Crippen molar-refractivity contribution >= 4 is 34.5 Å². The van der Waals surface area contributed by atoms with Crippen LogP contribution in [0.5, 0.6) is 0 Å². The number of thioether (sulfide) groups is 2. The second-order valence-electron chi connectivity index (χ2n) is 5.44. The molecule has 0 radical (unpaired) electrons. The van der Waals surface area contributed by atoms with Crippen molar-refractivity contribution in [1.29, 1.82) is 0 Å². The van der Waals surface area contributed by atoms with Gasteiger partial charge < -0.3 is 4.42 Å². The van der Waals surface area contributed by atoms with Crippen LogP contribution in [0.25, 0.3) is 11.0 Å². The Morgan fingerprint density at radius 1 is 1.38 bits per heavy atom. The van der Waals surface area contributed by atoms with E-state index in [-0.39, 0.29) is 6.04 Å². The molecule has 2 aromatic rings. The van der Waals surface area contributed by atoms with Crippen LogP contribution in [0.15, 0.2) is 28.7 Å². The van der Waals surface area contributed by atoms with Crippen molar-refractivity contribution < 1.29 is 4.42 Å². The molecular formula is C16H22N2OS2. The van der Waals surface area contributed by atoms with Crippen LogP contribution >= 0.6 is 23.5 Å². The number of rotatable bonds is 4. The highest BCUT2D eigenvalue weighted by Crippen LogP contribution is 2.41. The number of furan rings is 1. The molecule has 3 unspecified atom stereocenters. The molecule has 3 atom stereocenters. The number of para-hydroxylation sites is 1. The number of hydrogen-bond acceptors (Lipinski definition) is 5. The second-order valence-corrected chi connectivity index (χ2v) is 8.07. The van der Waals surface area contributed by atoms with E-state index < -0.39 is 0 Å². The Hall–Kier alpha value is -0.620. The first-order valence-electron chi connectivity index (χ1n) is 7.43. The van der Waals surface area contributed by atoms with E-state index in [9.17, 15) is 0 Å². The number of aryl methyl sites for hydroxylation is 1. The van der Waals surface area contributed by atoms with E-state index in [1.54, 1.807) is 0 Å². The third-order valence-electron chi connectivity index (χ3n) is 4.07. The highest BCUT2D eigenvalue weighted by molar-refractivity contribution is 8.07. The molecule has 1 aromatic carbocycles. The Bertz CT molecular complexity index is 613. The summed E-state index contributed by atoms with van der Waals surface area (Å²) < 4.78 is 6.13. The Labute approximate surface area is 134 Å². The van der Waals surface area contributed by atoms with Crippen LogP contribution in [0, 0.1) is 6.92 Å². The van der Waals surface area contributed by atoms with E-state index >= 15 is 0 Å². The summed E-state index contributed by atoms with van der Waals surface area (Å²) in [6.07, 6.45) is 1.17. The maximum absolute atomic E-state index is 6.13. The second kappa shape index (κ2) is 6.65. The summed E-state index contributed by atoms with van der Waals surface area (Å²) in [5.74, 6) is 9.25. The highest BCUT2D eigenvalue weighted by Gasteiger charge is 2.34. The molecule has 1 aliphatic heterocycles. The molecule has 0 aliphatic carbocycles. The van der Waals surface area contributed by atoms with Gasteiger partial charge in [-0.05, 0) is 25.0 Å². The third-order valence-corrected chi connectivity index (χ3v) is 7.42. The van der Waals surface area contributed by atoms with Gasteiger partial charge in [0.05, 0.1) is 6.04 Å². The van der Waals surface area contributed by atoms with Gasteiger partial charge in [0, 0.05) is 27.4 Å². The molecule has 3 nitrogen and oxygen atoms in total. The van der Waals surface area contributed by atoms with Crippen LogP contribution in [0.3, 0.4) is 0 Å².